The molecule has 3 rings (SSSR count). The average molecular weight is 285 g/mol. The Kier molecular flexibility index (Phi) is 4.25. The van der Waals surface area contributed by atoms with Crippen molar-refractivity contribution in [3.63, 3.8) is 0 Å². The molecular weight excluding hydrogens is 266 g/mol. The van der Waals surface area contributed by atoms with Crippen LogP contribution in [0.25, 0.3) is 0 Å². The first kappa shape index (κ1) is 13.8. The van der Waals surface area contributed by atoms with Gasteiger partial charge in [-0.15, -0.1) is 0 Å². The van der Waals surface area contributed by atoms with Crippen molar-refractivity contribution in [2.45, 2.75) is 25.4 Å². The van der Waals surface area contributed by atoms with E-state index in [1.54, 1.807) is 11.0 Å². The van der Waals surface area contributed by atoms with Gasteiger partial charge in [-0.25, -0.2) is 9.67 Å². The van der Waals surface area contributed by atoms with E-state index in [9.17, 15) is 4.79 Å². The number of aromatic nitrogens is 3. The molecule has 0 spiro atoms. The first-order valence-electron chi connectivity index (χ1n) is 7.25. The Bertz CT molecular complexity index is 590. The summed E-state index contributed by atoms with van der Waals surface area (Å²) in [5, 5.41) is 10.5. The van der Waals surface area contributed by atoms with Crippen molar-refractivity contribution in [2.24, 2.45) is 0 Å². The van der Waals surface area contributed by atoms with Gasteiger partial charge in [-0.1, -0.05) is 18.2 Å². The number of nitrogens with one attached hydrogen (secondary N) is 2. The number of rotatable bonds is 5. The van der Waals surface area contributed by atoms with Gasteiger partial charge < -0.3 is 10.6 Å². The standard InChI is InChI=1S/C15H19N5O/c21-15(18-8-13-5-3-7-17-13)14-6-2-1-4-12(14)9-20-11-16-10-19-20/h1-2,4,6,10-11,13,17H,3,5,7-9H2,(H,18,21)/t13-/m1/s1. The molecule has 0 aliphatic carbocycles. The van der Waals surface area contributed by atoms with E-state index >= 15 is 0 Å². The zero-order chi connectivity index (χ0) is 14.5. The number of amides is 1. The molecule has 0 unspecified atom stereocenters. The van der Waals surface area contributed by atoms with E-state index in [1.807, 2.05) is 24.3 Å². The molecule has 1 amide bonds. The number of carbonyl (C=O) groups excluding carboxylic acids is 1. The van der Waals surface area contributed by atoms with Crippen molar-refractivity contribution in [1.29, 1.82) is 0 Å². The van der Waals surface area contributed by atoms with Gasteiger partial charge >= 0.3 is 0 Å². The van der Waals surface area contributed by atoms with Crippen LogP contribution >= 0.6 is 0 Å². The summed E-state index contributed by atoms with van der Waals surface area (Å²) in [6, 6.07) is 8.01. The van der Waals surface area contributed by atoms with Crippen LogP contribution in [-0.4, -0.2) is 39.8 Å². The van der Waals surface area contributed by atoms with Crippen molar-refractivity contribution in [3.05, 3.63) is 48.0 Å². The Morgan fingerprint density at radius 1 is 1.43 bits per heavy atom. The number of nitrogens with zero attached hydrogens (tertiary/aromatic N) is 3. The summed E-state index contributed by atoms with van der Waals surface area (Å²) in [5.41, 5.74) is 1.64. The Labute approximate surface area is 123 Å². The van der Waals surface area contributed by atoms with E-state index in [0.717, 1.165) is 18.5 Å². The third-order valence-corrected chi connectivity index (χ3v) is 3.73. The fourth-order valence-electron chi connectivity index (χ4n) is 2.61. The molecule has 1 aromatic heterocycles. The van der Waals surface area contributed by atoms with E-state index in [2.05, 4.69) is 20.7 Å². The Morgan fingerprint density at radius 3 is 3.10 bits per heavy atom. The summed E-state index contributed by atoms with van der Waals surface area (Å²) < 4.78 is 1.71. The molecule has 1 atom stereocenters. The largest absolute Gasteiger partial charge is 0.350 e. The molecule has 0 radical (unpaired) electrons. The lowest BCUT2D eigenvalue weighted by Gasteiger charge is -2.13. The van der Waals surface area contributed by atoms with Gasteiger partial charge in [-0.05, 0) is 31.0 Å². The van der Waals surface area contributed by atoms with E-state index < -0.39 is 0 Å². The second-order valence-corrected chi connectivity index (χ2v) is 5.25. The molecule has 1 saturated heterocycles. The molecule has 2 aromatic rings. The number of hydrogen-bond donors (Lipinski definition) is 2. The van der Waals surface area contributed by atoms with E-state index in [0.29, 0.717) is 24.7 Å². The molecule has 21 heavy (non-hydrogen) atoms. The van der Waals surface area contributed by atoms with Crippen LogP contribution < -0.4 is 10.6 Å². The Hall–Kier alpha value is -2.21. The smallest absolute Gasteiger partial charge is 0.251 e. The van der Waals surface area contributed by atoms with Crippen molar-refractivity contribution < 1.29 is 4.79 Å². The number of benzene rings is 1. The van der Waals surface area contributed by atoms with E-state index in [4.69, 9.17) is 0 Å². The summed E-state index contributed by atoms with van der Waals surface area (Å²) >= 11 is 0. The van der Waals surface area contributed by atoms with Crippen LogP contribution in [0, 0.1) is 0 Å². The molecule has 1 aromatic carbocycles. The molecule has 110 valence electrons. The van der Waals surface area contributed by atoms with Crippen LogP contribution in [0.2, 0.25) is 0 Å². The number of hydrogen-bond acceptors (Lipinski definition) is 4. The second-order valence-electron chi connectivity index (χ2n) is 5.25. The van der Waals surface area contributed by atoms with Crippen LogP contribution in [0.1, 0.15) is 28.8 Å². The zero-order valence-corrected chi connectivity index (χ0v) is 11.8. The van der Waals surface area contributed by atoms with E-state index in [1.165, 1.54) is 12.7 Å². The second kappa shape index (κ2) is 6.49. The highest BCUT2D eigenvalue weighted by Gasteiger charge is 2.16. The van der Waals surface area contributed by atoms with Gasteiger partial charge in [-0.2, -0.15) is 5.10 Å². The SMILES string of the molecule is O=C(NC[C@H]1CCCN1)c1ccccc1Cn1cncn1. The molecule has 0 saturated carbocycles. The maximum absolute atomic E-state index is 12.4. The fraction of sp³-hybridized carbons (Fsp3) is 0.400. The molecule has 2 N–H and O–H groups in total. The monoisotopic (exact) mass is 285 g/mol. The quantitative estimate of drug-likeness (QED) is 0.852. The van der Waals surface area contributed by atoms with Crippen LogP contribution in [0.5, 0.6) is 0 Å². The Balaban J connectivity index is 1.67. The summed E-state index contributed by atoms with van der Waals surface area (Å²) in [7, 11) is 0. The molecule has 6 nitrogen and oxygen atoms in total. The summed E-state index contributed by atoms with van der Waals surface area (Å²) in [4.78, 5) is 16.3. The molecule has 1 aliphatic rings. The van der Waals surface area contributed by atoms with Gasteiger partial charge in [0.1, 0.15) is 12.7 Å². The lowest BCUT2D eigenvalue weighted by molar-refractivity contribution is 0.0949. The van der Waals surface area contributed by atoms with Gasteiger partial charge in [-0.3, -0.25) is 4.79 Å². The fourth-order valence-corrected chi connectivity index (χ4v) is 2.61. The average Bonchev–Trinajstić information content (AvgIpc) is 3.18. The van der Waals surface area contributed by atoms with Crippen molar-refractivity contribution in [3.8, 4) is 0 Å². The van der Waals surface area contributed by atoms with Crippen molar-refractivity contribution in [1.82, 2.24) is 25.4 Å². The van der Waals surface area contributed by atoms with Gasteiger partial charge in [0, 0.05) is 18.2 Å². The molecule has 2 heterocycles. The molecule has 1 aliphatic heterocycles. The summed E-state index contributed by atoms with van der Waals surface area (Å²) in [6.07, 6.45) is 5.45. The first-order valence-corrected chi connectivity index (χ1v) is 7.25. The predicted molar refractivity (Wildman–Crippen MR) is 78.9 cm³/mol. The van der Waals surface area contributed by atoms with Gasteiger partial charge in [0.05, 0.1) is 6.54 Å². The predicted octanol–water partition coefficient (Wildman–Crippen LogP) is 0.808. The first-order chi connectivity index (χ1) is 10.3. The minimum absolute atomic E-state index is 0.0283. The van der Waals surface area contributed by atoms with Crippen molar-refractivity contribution in [2.75, 3.05) is 13.1 Å². The lowest BCUT2D eigenvalue weighted by atomic mass is 10.1. The van der Waals surface area contributed by atoms with Gasteiger partial charge in [0.15, 0.2) is 0 Å². The highest BCUT2D eigenvalue weighted by molar-refractivity contribution is 5.95. The third-order valence-electron chi connectivity index (χ3n) is 3.73. The molecular formula is C15H19N5O. The van der Waals surface area contributed by atoms with Crippen LogP contribution in [-0.2, 0) is 6.54 Å². The lowest BCUT2D eigenvalue weighted by Crippen LogP contribution is -2.37. The van der Waals surface area contributed by atoms with Gasteiger partial charge in [0.25, 0.3) is 5.91 Å². The molecule has 1 fully saturated rings. The van der Waals surface area contributed by atoms with Gasteiger partial charge in [0.2, 0.25) is 0 Å². The molecule has 0 bridgehead atoms. The number of carbonyl (C=O) groups is 1. The highest BCUT2D eigenvalue weighted by atomic mass is 16.1. The third kappa shape index (κ3) is 3.46. The van der Waals surface area contributed by atoms with Crippen LogP contribution in [0.15, 0.2) is 36.9 Å². The maximum Gasteiger partial charge on any atom is 0.251 e. The summed E-state index contributed by atoms with van der Waals surface area (Å²) in [6.45, 7) is 2.27. The van der Waals surface area contributed by atoms with Crippen LogP contribution in [0.4, 0.5) is 0 Å². The van der Waals surface area contributed by atoms with Crippen molar-refractivity contribution >= 4 is 5.91 Å². The maximum atomic E-state index is 12.4. The highest BCUT2D eigenvalue weighted by Crippen LogP contribution is 2.11. The normalized spacial score (nSPS) is 17.8. The minimum atomic E-state index is -0.0283. The topological polar surface area (TPSA) is 71.8 Å². The van der Waals surface area contributed by atoms with Crippen LogP contribution in [0.3, 0.4) is 0 Å². The summed E-state index contributed by atoms with van der Waals surface area (Å²) in [5.74, 6) is -0.0283. The zero-order valence-electron chi connectivity index (χ0n) is 11.8. The Morgan fingerprint density at radius 2 is 2.33 bits per heavy atom. The van der Waals surface area contributed by atoms with E-state index in [-0.39, 0.29) is 5.91 Å². The molecule has 6 heteroatoms. The minimum Gasteiger partial charge on any atom is -0.350 e.